The lowest BCUT2D eigenvalue weighted by atomic mass is 10.2. The van der Waals surface area contributed by atoms with Crippen LogP contribution in [-0.2, 0) is 16.4 Å². The van der Waals surface area contributed by atoms with Gasteiger partial charge in [0.05, 0.1) is 4.90 Å². The lowest BCUT2D eigenvalue weighted by Gasteiger charge is -2.05. The topological polar surface area (TPSA) is 46.2 Å². The lowest BCUT2D eigenvalue weighted by Crippen LogP contribution is -2.24. The molecule has 0 radical (unpaired) electrons. The summed E-state index contributed by atoms with van der Waals surface area (Å²) in [7, 11) is -3.30. The molecule has 0 bridgehead atoms. The molecule has 0 aliphatic carbocycles. The monoisotopic (exact) mass is 227 g/mol. The Kier molecular flexibility index (Phi) is 4.29. The molecule has 1 aromatic rings. The highest BCUT2D eigenvalue weighted by atomic mass is 32.2. The van der Waals surface area contributed by atoms with E-state index in [9.17, 15) is 8.42 Å². The van der Waals surface area contributed by atoms with E-state index >= 15 is 0 Å². The maximum absolute atomic E-state index is 11.7. The largest absolute Gasteiger partial charge is 0.240 e. The molecule has 15 heavy (non-hydrogen) atoms. The van der Waals surface area contributed by atoms with Crippen molar-refractivity contribution < 1.29 is 8.42 Å². The predicted molar refractivity (Wildman–Crippen MR) is 61.3 cm³/mol. The van der Waals surface area contributed by atoms with E-state index in [2.05, 4.69) is 4.72 Å². The van der Waals surface area contributed by atoms with Gasteiger partial charge in [-0.1, -0.05) is 26.0 Å². The summed E-state index contributed by atoms with van der Waals surface area (Å²) >= 11 is 0. The Morgan fingerprint density at radius 3 is 2.20 bits per heavy atom. The van der Waals surface area contributed by atoms with E-state index in [4.69, 9.17) is 0 Å². The molecule has 1 N–H and O–H groups in total. The molecule has 1 aromatic carbocycles. The summed E-state index contributed by atoms with van der Waals surface area (Å²) in [6.45, 7) is 4.46. The van der Waals surface area contributed by atoms with E-state index in [1.54, 1.807) is 12.1 Å². The zero-order chi connectivity index (χ0) is 11.3. The quantitative estimate of drug-likeness (QED) is 0.835. The molecule has 0 heterocycles. The standard InChI is InChI=1S/C11H17NO2S/c1-3-9-12-15(13,14)11-7-5-10(4-2)6-8-11/h5-8,12H,3-4,9H2,1-2H3. The van der Waals surface area contributed by atoms with Gasteiger partial charge < -0.3 is 0 Å². The van der Waals surface area contributed by atoms with Gasteiger partial charge in [0.25, 0.3) is 0 Å². The van der Waals surface area contributed by atoms with Crippen molar-refractivity contribution in [3.05, 3.63) is 29.8 Å². The molecule has 0 unspecified atom stereocenters. The normalized spacial score (nSPS) is 11.6. The van der Waals surface area contributed by atoms with Crippen LogP contribution in [0.1, 0.15) is 25.8 Å². The Labute approximate surface area is 91.6 Å². The molecule has 4 heteroatoms. The molecule has 0 aliphatic rings. The van der Waals surface area contributed by atoms with Crippen molar-refractivity contribution in [1.29, 1.82) is 0 Å². The molecular weight excluding hydrogens is 210 g/mol. The Bertz CT molecular complexity index is 395. The molecule has 3 nitrogen and oxygen atoms in total. The van der Waals surface area contributed by atoms with Crippen LogP contribution in [0.5, 0.6) is 0 Å². The summed E-state index contributed by atoms with van der Waals surface area (Å²) in [5.74, 6) is 0. The third-order valence-electron chi connectivity index (χ3n) is 2.18. The second-order valence-electron chi connectivity index (χ2n) is 3.40. The molecule has 0 aromatic heterocycles. The van der Waals surface area contributed by atoms with Gasteiger partial charge in [-0.15, -0.1) is 0 Å². The third kappa shape index (κ3) is 3.32. The molecule has 0 saturated heterocycles. The summed E-state index contributed by atoms with van der Waals surface area (Å²) < 4.78 is 25.9. The summed E-state index contributed by atoms with van der Waals surface area (Å²) in [6, 6.07) is 6.99. The lowest BCUT2D eigenvalue weighted by molar-refractivity contribution is 0.581. The Morgan fingerprint density at radius 2 is 1.73 bits per heavy atom. The molecule has 0 spiro atoms. The number of rotatable bonds is 5. The molecular formula is C11H17NO2S. The van der Waals surface area contributed by atoms with Crippen LogP contribution in [0.25, 0.3) is 0 Å². The molecule has 0 saturated carbocycles. The summed E-state index contributed by atoms with van der Waals surface area (Å²) in [5.41, 5.74) is 1.14. The van der Waals surface area contributed by atoms with Crippen LogP contribution in [0, 0.1) is 0 Å². The van der Waals surface area contributed by atoms with Crippen LogP contribution < -0.4 is 4.72 Å². The van der Waals surface area contributed by atoms with Gasteiger partial charge in [0.1, 0.15) is 0 Å². The van der Waals surface area contributed by atoms with Gasteiger partial charge in [-0.25, -0.2) is 13.1 Å². The van der Waals surface area contributed by atoms with Crippen molar-refractivity contribution in [2.75, 3.05) is 6.54 Å². The smallest absolute Gasteiger partial charge is 0.211 e. The van der Waals surface area contributed by atoms with Crippen LogP contribution in [0.15, 0.2) is 29.2 Å². The molecule has 84 valence electrons. The highest BCUT2D eigenvalue weighted by molar-refractivity contribution is 7.89. The van der Waals surface area contributed by atoms with Crippen molar-refractivity contribution in [3.63, 3.8) is 0 Å². The van der Waals surface area contributed by atoms with Crippen LogP contribution in [0.2, 0.25) is 0 Å². The maximum Gasteiger partial charge on any atom is 0.240 e. The number of nitrogens with one attached hydrogen (secondary N) is 1. The second-order valence-corrected chi connectivity index (χ2v) is 5.16. The predicted octanol–water partition coefficient (Wildman–Crippen LogP) is 1.94. The van der Waals surface area contributed by atoms with E-state index in [0.717, 1.165) is 18.4 Å². The fraction of sp³-hybridized carbons (Fsp3) is 0.455. The summed E-state index contributed by atoms with van der Waals surface area (Å²) in [6.07, 6.45) is 1.72. The van der Waals surface area contributed by atoms with Crippen molar-refractivity contribution in [1.82, 2.24) is 4.72 Å². The van der Waals surface area contributed by atoms with Crippen molar-refractivity contribution in [2.24, 2.45) is 0 Å². The Hall–Kier alpha value is -0.870. The zero-order valence-electron chi connectivity index (χ0n) is 9.16. The average Bonchev–Trinajstić information content (AvgIpc) is 2.26. The van der Waals surface area contributed by atoms with E-state index in [1.165, 1.54) is 0 Å². The van der Waals surface area contributed by atoms with Crippen LogP contribution in [0.3, 0.4) is 0 Å². The fourth-order valence-corrected chi connectivity index (χ4v) is 2.36. The van der Waals surface area contributed by atoms with E-state index < -0.39 is 10.0 Å². The van der Waals surface area contributed by atoms with Gasteiger partial charge in [0.2, 0.25) is 10.0 Å². The van der Waals surface area contributed by atoms with Crippen LogP contribution in [-0.4, -0.2) is 15.0 Å². The first-order valence-electron chi connectivity index (χ1n) is 5.18. The zero-order valence-corrected chi connectivity index (χ0v) is 9.97. The SMILES string of the molecule is CCCNS(=O)(=O)c1ccc(CC)cc1. The first-order chi connectivity index (χ1) is 7.10. The highest BCUT2D eigenvalue weighted by Gasteiger charge is 2.11. The molecule has 0 atom stereocenters. The van der Waals surface area contributed by atoms with Gasteiger partial charge >= 0.3 is 0 Å². The highest BCUT2D eigenvalue weighted by Crippen LogP contribution is 2.10. The minimum atomic E-state index is -3.30. The number of hydrogen-bond acceptors (Lipinski definition) is 2. The number of hydrogen-bond donors (Lipinski definition) is 1. The molecule has 0 fully saturated rings. The van der Waals surface area contributed by atoms with Crippen molar-refractivity contribution >= 4 is 10.0 Å². The third-order valence-corrected chi connectivity index (χ3v) is 3.66. The van der Waals surface area contributed by atoms with E-state index in [0.29, 0.717) is 11.4 Å². The van der Waals surface area contributed by atoms with E-state index in [1.807, 2.05) is 26.0 Å². The number of sulfonamides is 1. The van der Waals surface area contributed by atoms with Gasteiger partial charge in [-0.3, -0.25) is 0 Å². The Balaban J connectivity index is 2.86. The van der Waals surface area contributed by atoms with Crippen molar-refractivity contribution in [3.8, 4) is 0 Å². The molecule has 0 aliphatic heterocycles. The summed E-state index contributed by atoms with van der Waals surface area (Å²) in [5, 5.41) is 0. The first-order valence-corrected chi connectivity index (χ1v) is 6.67. The first kappa shape index (κ1) is 12.2. The molecule has 1 rings (SSSR count). The minimum absolute atomic E-state index is 0.341. The second kappa shape index (κ2) is 5.28. The van der Waals surface area contributed by atoms with E-state index in [-0.39, 0.29) is 0 Å². The number of aryl methyl sites for hydroxylation is 1. The van der Waals surface area contributed by atoms with Crippen LogP contribution in [0.4, 0.5) is 0 Å². The van der Waals surface area contributed by atoms with Gasteiger partial charge in [0.15, 0.2) is 0 Å². The van der Waals surface area contributed by atoms with Gasteiger partial charge in [0, 0.05) is 6.54 Å². The van der Waals surface area contributed by atoms with Gasteiger partial charge in [-0.2, -0.15) is 0 Å². The van der Waals surface area contributed by atoms with Gasteiger partial charge in [-0.05, 0) is 30.5 Å². The maximum atomic E-state index is 11.7. The Morgan fingerprint density at radius 1 is 1.13 bits per heavy atom. The van der Waals surface area contributed by atoms with Crippen LogP contribution >= 0.6 is 0 Å². The average molecular weight is 227 g/mol. The number of benzene rings is 1. The fourth-order valence-electron chi connectivity index (χ4n) is 1.22. The minimum Gasteiger partial charge on any atom is -0.211 e. The van der Waals surface area contributed by atoms with Crippen molar-refractivity contribution in [2.45, 2.75) is 31.6 Å². The molecule has 0 amide bonds. The summed E-state index contributed by atoms with van der Waals surface area (Å²) in [4.78, 5) is 0.341.